The van der Waals surface area contributed by atoms with Gasteiger partial charge >= 0.3 is 5.69 Å². The Hall–Kier alpha value is -2.76. The maximum atomic E-state index is 10.8. The molecule has 0 aromatic heterocycles. The van der Waals surface area contributed by atoms with Crippen molar-refractivity contribution in [3.63, 3.8) is 0 Å². The molecule has 0 amide bonds. The van der Waals surface area contributed by atoms with Gasteiger partial charge in [0, 0.05) is 11.6 Å². The Bertz CT molecular complexity index is 833. The number of fused-ring (bicyclic) bond motifs is 2. The van der Waals surface area contributed by atoms with E-state index in [-0.39, 0.29) is 10.6 Å². The Morgan fingerprint density at radius 2 is 1.46 bits per heavy atom. The van der Waals surface area contributed by atoms with Crippen LogP contribution in [0.4, 0.5) is 11.4 Å². The Morgan fingerprint density at radius 3 is 2.08 bits per heavy atom. The first-order valence-corrected chi connectivity index (χ1v) is 8.88. The summed E-state index contributed by atoms with van der Waals surface area (Å²) < 4.78 is 10.8. The predicted molar refractivity (Wildman–Crippen MR) is 101 cm³/mol. The number of benzene rings is 2. The minimum absolute atomic E-state index is 0.0969. The molecule has 138 valence electrons. The fraction of sp³-hybridized carbons (Fsp3) is 0.400. The van der Waals surface area contributed by atoms with Crippen LogP contribution >= 0.6 is 0 Å². The molecule has 0 saturated heterocycles. The number of aryl methyl sites for hydroxylation is 4. The SMILES string of the molecule is Cc1cc(N)c2c(c1)CCCO2.Cc1cc2c(c([N+](=O)[O-])c1)OCCC2. The van der Waals surface area contributed by atoms with Gasteiger partial charge in [0.2, 0.25) is 0 Å². The van der Waals surface area contributed by atoms with Crippen LogP contribution in [0.5, 0.6) is 11.5 Å². The zero-order valence-corrected chi connectivity index (χ0v) is 15.2. The second-order valence-corrected chi connectivity index (χ2v) is 6.78. The summed E-state index contributed by atoms with van der Waals surface area (Å²) in [5, 5.41) is 10.8. The molecule has 0 spiro atoms. The van der Waals surface area contributed by atoms with Gasteiger partial charge in [-0.1, -0.05) is 12.1 Å². The topological polar surface area (TPSA) is 87.6 Å². The van der Waals surface area contributed by atoms with E-state index in [1.165, 1.54) is 11.1 Å². The highest BCUT2D eigenvalue weighted by Gasteiger charge is 2.22. The molecule has 0 atom stereocenters. The first kappa shape index (κ1) is 18.0. The van der Waals surface area contributed by atoms with E-state index in [0.717, 1.165) is 54.9 Å². The van der Waals surface area contributed by atoms with Crippen molar-refractivity contribution in [2.24, 2.45) is 0 Å². The normalized spacial score (nSPS) is 14.7. The standard InChI is InChI=1S/C10H11NO3.C10H13NO/c1-7-5-8-3-2-4-14-10(8)9(6-7)11(12)13;1-7-5-8-3-2-4-12-10(8)9(11)6-7/h5-6H,2-4H2,1H3;5-6H,2-4,11H2,1H3. The van der Waals surface area contributed by atoms with Crippen LogP contribution in [0.25, 0.3) is 0 Å². The molecule has 2 heterocycles. The second kappa shape index (κ2) is 7.64. The summed E-state index contributed by atoms with van der Waals surface area (Å²) in [5.74, 6) is 1.37. The molecule has 0 bridgehead atoms. The first-order chi connectivity index (χ1) is 12.5. The zero-order valence-electron chi connectivity index (χ0n) is 15.2. The quantitative estimate of drug-likeness (QED) is 0.471. The molecule has 6 heteroatoms. The smallest absolute Gasteiger partial charge is 0.311 e. The second-order valence-electron chi connectivity index (χ2n) is 6.78. The van der Waals surface area contributed by atoms with E-state index in [9.17, 15) is 10.1 Å². The van der Waals surface area contributed by atoms with Crippen LogP contribution in [0, 0.1) is 24.0 Å². The molecule has 2 aromatic carbocycles. The summed E-state index contributed by atoms with van der Waals surface area (Å²) in [6, 6.07) is 7.64. The van der Waals surface area contributed by atoms with Crippen molar-refractivity contribution in [3.05, 3.63) is 56.6 Å². The number of rotatable bonds is 1. The van der Waals surface area contributed by atoms with Crippen LogP contribution in [0.1, 0.15) is 35.1 Å². The van der Waals surface area contributed by atoms with Crippen LogP contribution in [0.15, 0.2) is 24.3 Å². The molecule has 2 aliphatic heterocycles. The summed E-state index contributed by atoms with van der Waals surface area (Å²) in [4.78, 5) is 10.4. The number of nitrogens with two attached hydrogens (primary N) is 1. The van der Waals surface area contributed by atoms with Gasteiger partial charge in [0.25, 0.3) is 0 Å². The molecule has 0 fully saturated rings. The van der Waals surface area contributed by atoms with E-state index in [2.05, 4.69) is 13.0 Å². The summed E-state index contributed by atoms with van der Waals surface area (Å²) in [6.07, 6.45) is 4.02. The molecule has 2 N–H and O–H groups in total. The molecule has 0 aliphatic carbocycles. The number of nitrogens with zero attached hydrogens (tertiary/aromatic N) is 1. The Labute approximate surface area is 153 Å². The lowest BCUT2D eigenvalue weighted by Gasteiger charge is -2.19. The number of nitro groups is 1. The van der Waals surface area contributed by atoms with Gasteiger partial charge in [-0.25, -0.2) is 0 Å². The summed E-state index contributed by atoms with van der Waals surface area (Å²) in [6.45, 7) is 5.31. The Kier molecular flexibility index (Phi) is 5.30. The number of hydrogen-bond acceptors (Lipinski definition) is 5. The molecule has 0 unspecified atom stereocenters. The largest absolute Gasteiger partial charge is 0.491 e. The number of nitrogen functional groups attached to an aromatic ring is 1. The van der Waals surface area contributed by atoms with Crippen molar-refractivity contribution in [2.75, 3.05) is 18.9 Å². The molecule has 0 radical (unpaired) electrons. The number of ether oxygens (including phenoxy) is 2. The van der Waals surface area contributed by atoms with Crippen molar-refractivity contribution >= 4 is 11.4 Å². The summed E-state index contributed by atoms with van der Waals surface area (Å²) in [7, 11) is 0. The third kappa shape index (κ3) is 3.90. The van der Waals surface area contributed by atoms with Crippen molar-refractivity contribution in [1.82, 2.24) is 0 Å². The van der Waals surface area contributed by atoms with E-state index in [0.29, 0.717) is 12.4 Å². The van der Waals surface area contributed by atoms with E-state index in [1.807, 2.05) is 19.1 Å². The van der Waals surface area contributed by atoms with E-state index >= 15 is 0 Å². The van der Waals surface area contributed by atoms with Crippen molar-refractivity contribution in [1.29, 1.82) is 0 Å². The van der Waals surface area contributed by atoms with Gasteiger partial charge in [0.05, 0.1) is 23.8 Å². The highest BCUT2D eigenvalue weighted by molar-refractivity contribution is 5.59. The fourth-order valence-corrected chi connectivity index (χ4v) is 3.43. The van der Waals surface area contributed by atoms with Gasteiger partial charge in [-0.05, 0) is 62.3 Å². The maximum absolute atomic E-state index is 10.8. The first-order valence-electron chi connectivity index (χ1n) is 8.88. The van der Waals surface area contributed by atoms with Gasteiger partial charge in [-0.2, -0.15) is 0 Å². The van der Waals surface area contributed by atoms with Crippen molar-refractivity contribution < 1.29 is 14.4 Å². The van der Waals surface area contributed by atoms with E-state index in [1.54, 1.807) is 6.07 Å². The van der Waals surface area contributed by atoms with Gasteiger partial charge in [-0.15, -0.1) is 0 Å². The minimum Gasteiger partial charge on any atom is -0.491 e. The highest BCUT2D eigenvalue weighted by Crippen LogP contribution is 2.35. The average molecular weight is 356 g/mol. The molecule has 2 aromatic rings. The fourth-order valence-electron chi connectivity index (χ4n) is 3.43. The summed E-state index contributed by atoms with van der Waals surface area (Å²) in [5.41, 5.74) is 11.1. The molecular weight excluding hydrogens is 332 g/mol. The van der Waals surface area contributed by atoms with Gasteiger partial charge in [-0.3, -0.25) is 10.1 Å². The van der Waals surface area contributed by atoms with Gasteiger partial charge in [0.1, 0.15) is 5.75 Å². The zero-order chi connectivity index (χ0) is 18.7. The third-order valence-corrected chi connectivity index (χ3v) is 4.50. The monoisotopic (exact) mass is 356 g/mol. The van der Waals surface area contributed by atoms with Crippen LogP contribution in [-0.4, -0.2) is 18.1 Å². The number of hydrogen-bond donors (Lipinski definition) is 1. The van der Waals surface area contributed by atoms with Crippen LogP contribution in [0.3, 0.4) is 0 Å². The molecule has 6 nitrogen and oxygen atoms in total. The van der Waals surface area contributed by atoms with E-state index in [4.69, 9.17) is 15.2 Å². The van der Waals surface area contributed by atoms with Crippen molar-refractivity contribution in [3.8, 4) is 11.5 Å². The van der Waals surface area contributed by atoms with E-state index < -0.39 is 0 Å². The lowest BCUT2D eigenvalue weighted by Crippen LogP contribution is -2.10. The summed E-state index contributed by atoms with van der Waals surface area (Å²) >= 11 is 0. The molecule has 2 aliphatic rings. The van der Waals surface area contributed by atoms with Crippen LogP contribution in [-0.2, 0) is 12.8 Å². The molecule has 26 heavy (non-hydrogen) atoms. The minimum atomic E-state index is -0.378. The molecular formula is C20H24N2O4. The Morgan fingerprint density at radius 1 is 0.923 bits per heavy atom. The lowest BCUT2D eigenvalue weighted by atomic mass is 10.0. The molecule has 4 rings (SSSR count). The Balaban J connectivity index is 0.000000152. The van der Waals surface area contributed by atoms with Crippen molar-refractivity contribution in [2.45, 2.75) is 39.5 Å². The van der Waals surface area contributed by atoms with Gasteiger partial charge < -0.3 is 15.2 Å². The third-order valence-electron chi connectivity index (χ3n) is 4.50. The average Bonchev–Trinajstić information content (AvgIpc) is 2.61. The predicted octanol–water partition coefficient (Wildman–Crippen LogP) is 4.13. The molecule has 0 saturated carbocycles. The highest BCUT2D eigenvalue weighted by atomic mass is 16.6. The van der Waals surface area contributed by atoms with Crippen LogP contribution in [0.2, 0.25) is 0 Å². The van der Waals surface area contributed by atoms with Crippen LogP contribution < -0.4 is 15.2 Å². The lowest BCUT2D eigenvalue weighted by molar-refractivity contribution is -0.386. The number of anilines is 1. The maximum Gasteiger partial charge on any atom is 0.311 e. The number of nitro benzene ring substituents is 1. The van der Waals surface area contributed by atoms with Gasteiger partial charge in [0.15, 0.2) is 5.75 Å².